The van der Waals surface area contributed by atoms with Gasteiger partial charge in [-0.05, 0) is 0 Å². The first-order valence-corrected chi connectivity index (χ1v) is 0. The van der Waals surface area contributed by atoms with Crippen LogP contribution in [0.3, 0.4) is 0 Å². The average Bonchev–Trinajstić information content (AvgIpc) is 0. The fourth-order valence-electron chi connectivity index (χ4n) is 0. The molecule has 0 aliphatic carbocycles. The number of hydrogen-bond donors (Lipinski definition) is 0. The van der Waals surface area contributed by atoms with E-state index in [1.54, 1.807) is 0 Å². The van der Waals surface area contributed by atoms with Crippen LogP contribution in [-0.4, -0.2) is 0 Å². The Labute approximate surface area is 104 Å². The van der Waals surface area contributed by atoms with Gasteiger partial charge in [0.2, 0.25) is 0 Å². The van der Waals surface area contributed by atoms with Crippen LogP contribution < -0.4 is 84.9 Å². The fourth-order valence-corrected chi connectivity index (χ4v) is 0. The van der Waals surface area contributed by atoms with Crippen LogP contribution in [0.5, 0.6) is 0 Å². The van der Waals surface area contributed by atoms with Crippen molar-refractivity contribution in [3.05, 3.63) is 0 Å². The summed E-state index contributed by atoms with van der Waals surface area (Å²) in [5, 5.41) is 0. The molecule has 0 radical (unpaired) electrons. The van der Waals surface area contributed by atoms with Crippen molar-refractivity contribution in [1.82, 2.24) is 0 Å². The zero-order valence-electron chi connectivity index (χ0n) is 2.30. The van der Waals surface area contributed by atoms with Crippen molar-refractivity contribution in [2.45, 2.75) is 0 Å². The third-order valence-corrected chi connectivity index (χ3v) is 0. The van der Waals surface area contributed by atoms with E-state index in [1.165, 1.54) is 0 Å². The Morgan fingerprint density at radius 3 is 0.333 bits per heavy atom. The Hall–Kier alpha value is 3.09. The third-order valence-electron chi connectivity index (χ3n) is 0. The molecule has 0 unspecified atom stereocenters. The topological polar surface area (TPSA) is 0 Å². The minimum absolute atomic E-state index is 0. The molecule has 0 aromatic carbocycles. The van der Waals surface area contributed by atoms with E-state index in [2.05, 4.69) is 0 Å². The summed E-state index contributed by atoms with van der Waals surface area (Å²) in [6, 6.07) is 0. The van der Waals surface area contributed by atoms with E-state index in [0.29, 0.717) is 0 Å². The fraction of sp³-hybridized carbons (Fsp3) is 0. The summed E-state index contributed by atoms with van der Waals surface area (Å²) in [5.74, 6) is 0. The van der Waals surface area contributed by atoms with Gasteiger partial charge in [-0.25, -0.2) is 0 Å². The van der Waals surface area contributed by atoms with Gasteiger partial charge in [0.15, 0.2) is 0 Å². The van der Waals surface area contributed by atoms with Gasteiger partial charge in [0.05, 0.1) is 0 Å². The number of halogens is 5. The van der Waals surface area contributed by atoms with Crippen LogP contribution in [0.4, 0.5) is 0 Å². The predicted molar refractivity (Wildman–Crippen MR) is 0 cm³/mol. The molecule has 0 aliphatic heterocycles. The molecule has 0 N–H and O–H groups in total. The van der Waals surface area contributed by atoms with Crippen LogP contribution in [0.25, 0.3) is 0 Å². The van der Waals surface area contributed by atoms with Crippen molar-refractivity contribution in [2.24, 2.45) is 0 Å². The minimum Gasteiger partial charge on any atom is -1.00 e. The Bertz CT molecular complexity index is 3.90. The first kappa shape index (κ1) is 62.3. The van der Waals surface area contributed by atoms with Crippen molar-refractivity contribution in [3.63, 3.8) is 0 Å². The van der Waals surface area contributed by atoms with E-state index >= 15 is 0 Å². The van der Waals surface area contributed by atoms with Gasteiger partial charge >= 0.3 is 0 Å². The molecule has 0 aromatic heterocycles. The summed E-state index contributed by atoms with van der Waals surface area (Å²) < 4.78 is 0. The molecule has 46 valence electrons. The van der Waals surface area contributed by atoms with Gasteiger partial charge in [0.1, 0.15) is 0 Å². The van der Waals surface area contributed by atoms with Crippen LogP contribution in [-0.2, 0) is 21.1 Å². The molecule has 0 amide bonds. The van der Waals surface area contributed by atoms with Crippen molar-refractivity contribution < 1.29 is 106 Å². The summed E-state index contributed by atoms with van der Waals surface area (Å²) in [6.07, 6.45) is 0. The Kier molecular flexibility index (Phi) is 443. The summed E-state index contributed by atoms with van der Waals surface area (Å²) in [6.45, 7) is 0. The Balaban J connectivity index is 0. The molecule has 0 rings (SSSR count). The van der Waals surface area contributed by atoms with E-state index in [9.17, 15) is 0 Å². The van der Waals surface area contributed by atoms with Crippen molar-refractivity contribution >= 4 is 0 Å². The molecule has 0 saturated heterocycles. The Morgan fingerprint density at radius 1 is 0.333 bits per heavy atom. The van der Waals surface area contributed by atoms with Crippen LogP contribution in [0, 0.1) is 0 Å². The van der Waals surface area contributed by atoms with Crippen LogP contribution in [0.15, 0.2) is 0 Å². The standard InChI is InChI=1S/5BrH.W/h5*1H;/p-5. The number of hydrogen-bond acceptors (Lipinski definition) is 0. The number of rotatable bonds is 0. The van der Waals surface area contributed by atoms with Crippen LogP contribution >= 0.6 is 0 Å². The molecule has 0 aromatic rings. The van der Waals surface area contributed by atoms with Crippen molar-refractivity contribution in [2.75, 3.05) is 0 Å². The molecular weight excluding hydrogens is 583 g/mol. The van der Waals surface area contributed by atoms with Gasteiger partial charge in [0, 0.05) is 21.1 Å². The second-order valence-corrected chi connectivity index (χ2v) is 0. The predicted octanol–water partition coefficient (Wildman–Crippen LogP) is -15.0. The third kappa shape index (κ3) is 27.5. The van der Waals surface area contributed by atoms with Gasteiger partial charge in [-0.3, -0.25) is 0 Å². The maximum atomic E-state index is 0. The van der Waals surface area contributed by atoms with Gasteiger partial charge in [0.25, 0.3) is 0 Å². The zero-order valence-corrected chi connectivity index (χ0v) is 13.2. The first-order valence-electron chi connectivity index (χ1n) is 0. The van der Waals surface area contributed by atoms with E-state index in [0.717, 1.165) is 0 Å². The summed E-state index contributed by atoms with van der Waals surface area (Å²) in [4.78, 5) is 0. The van der Waals surface area contributed by atoms with E-state index in [1.807, 2.05) is 0 Å². The molecule has 0 saturated carbocycles. The molecule has 0 bridgehead atoms. The molecule has 0 aliphatic rings. The summed E-state index contributed by atoms with van der Waals surface area (Å²) >= 11 is 0. The van der Waals surface area contributed by atoms with Gasteiger partial charge < -0.3 is 84.9 Å². The maximum absolute atomic E-state index is 0. The first-order chi connectivity index (χ1) is 0. The van der Waals surface area contributed by atoms with E-state index < -0.39 is 0 Å². The maximum Gasteiger partial charge on any atom is 0 e. The minimum atomic E-state index is 0. The van der Waals surface area contributed by atoms with Crippen molar-refractivity contribution in [3.8, 4) is 0 Å². The monoisotopic (exact) mass is 579 g/mol. The normalized spacial score (nSPS) is 0. The van der Waals surface area contributed by atoms with Gasteiger partial charge in [-0.15, -0.1) is 0 Å². The van der Waals surface area contributed by atoms with Crippen LogP contribution in [0.1, 0.15) is 0 Å². The SMILES string of the molecule is [Br-].[Br-].[Br-].[Br-].[Br-].[W]. The van der Waals surface area contributed by atoms with Gasteiger partial charge in [-0.2, -0.15) is 0 Å². The molecule has 6 heavy (non-hydrogen) atoms. The summed E-state index contributed by atoms with van der Waals surface area (Å²) in [5.41, 5.74) is 0. The molecule has 0 fully saturated rings. The molecule has 6 heteroatoms. The summed E-state index contributed by atoms with van der Waals surface area (Å²) in [7, 11) is 0. The molecule has 0 spiro atoms. The second kappa shape index (κ2) is 42.6. The molecule has 0 heterocycles. The van der Waals surface area contributed by atoms with E-state index in [4.69, 9.17) is 0 Å². The van der Waals surface area contributed by atoms with Crippen molar-refractivity contribution in [1.29, 1.82) is 0 Å². The molecular formula is Br5W-5. The van der Waals surface area contributed by atoms with Crippen LogP contribution in [0.2, 0.25) is 0 Å². The molecule has 0 atom stereocenters. The molecule has 0 nitrogen and oxygen atoms in total. The zero-order chi connectivity index (χ0) is 0. The smallest absolute Gasteiger partial charge is 0 e. The quantitative estimate of drug-likeness (QED) is 0.266. The van der Waals surface area contributed by atoms with Gasteiger partial charge in [-0.1, -0.05) is 0 Å². The Morgan fingerprint density at radius 2 is 0.333 bits per heavy atom. The largest absolute Gasteiger partial charge is 1.00 e. The average molecular weight is 583 g/mol. The second-order valence-electron chi connectivity index (χ2n) is 0. The van der Waals surface area contributed by atoms with E-state index in [-0.39, 0.29) is 106 Å².